The molecule has 0 saturated carbocycles. The number of hydrogen-bond acceptors (Lipinski definition) is 5. The first-order valence-electron chi connectivity index (χ1n) is 6.25. The first-order valence-corrected chi connectivity index (χ1v) is 7.69. The van der Waals surface area contributed by atoms with E-state index < -0.39 is 26.7 Å². The van der Waals surface area contributed by atoms with Crippen LogP contribution in [0, 0.1) is 16.0 Å². The van der Waals surface area contributed by atoms with Crippen LogP contribution in [0.4, 0.5) is 5.69 Å². The maximum Gasteiger partial charge on any atom is 0.289 e. The Morgan fingerprint density at radius 3 is 2.65 bits per heavy atom. The summed E-state index contributed by atoms with van der Waals surface area (Å²) >= 11 is 0. The van der Waals surface area contributed by atoms with Crippen LogP contribution in [0.25, 0.3) is 0 Å². The van der Waals surface area contributed by atoms with Crippen LogP contribution in [0.1, 0.15) is 13.3 Å². The number of para-hydroxylation sites is 1. The molecule has 2 unspecified atom stereocenters. The van der Waals surface area contributed by atoms with Crippen LogP contribution in [0.3, 0.4) is 0 Å². The molecule has 1 heterocycles. The van der Waals surface area contributed by atoms with Crippen molar-refractivity contribution in [3.05, 3.63) is 34.4 Å². The van der Waals surface area contributed by atoms with Crippen LogP contribution in [-0.2, 0) is 10.0 Å². The number of benzene rings is 1. The highest BCUT2D eigenvalue weighted by atomic mass is 32.2. The van der Waals surface area contributed by atoms with Crippen molar-refractivity contribution in [2.75, 3.05) is 13.1 Å². The highest BCUT2D eigenvalue weighted by Gasteiger charge is 2.36. The van der Waals surface area contributed by atoms with Gasteiger partial charge in [0.1, 0.15) is 0 Å². The lowest BCUT2D eigenvalue weighted by atomic mass is 9.99. The van der Waals surface area contributed by atoms with Crippen LogP contribution < -0.4 is 0 Å². The van der Waals surface area contributed by atoms with E-state index in [2.05, 4.69) is 0 Å². The second kappa shape index (κ2) is 5.47. The third-order valence-corrected chi connectivity index (χ3v) is 5.42. The van der Waals surface area contributed by atoms with Crippen molar-refractivity contribution in [2.45, 2.75) is 24.3 Å². The fourth-order valence-corrected chi connectivity index (χ4v) is 3.99. The highest BCUT2D eigenvalue weighted by molar-refractivity contribution is 7.89. The van der Waals surface area contributed by atoms with Crippen molar-refractivity contribution in [1.29, 1.82) is 0 Å². The molecule has 1 fully saturated rings. The minimum atomic E-state index is -3.91. The third kappa shape index (κ3) is 2.67. The van der Waals surface area contributed by atoms with Gasteiger partial charge in [-0.25, -0.2) is 8.42 Å². The van der Waals surface area contributed by atoms with E-state index in [1.165, 1.54) is 28.6 Å². The monoisotopic (exact) mass is 300 g/mol. The van der Waals surface area contributed by atoms with Gasteiger partial charge < -0.3 is 5.11 Å². The molecular formula is C12H16N2O5S. The van der Waals surface area contributed by atoms with E-state index in [0.29, 0.717) is 6.42 Å². The Bertz CT molecular complexity index is 616. The summed E-state index contributed by atoms with van der Waals surface area (Å²) < 4.78 is 26.2. The molecule has 0 bridgehead atoms. The average Bonchev–Trinajstić information content (AvgIpc) is 2.41. The lowest BCUT2D eigenvalue weighted by Crippen LogP contribution is -2.44. The van der Waals surface area contributed by atoms with Crippen molar-refractivity contribution >= 4 is 15.7 Å². The van der Waals surface area contributed by atoms with Gasteiger partial charge in [0.05, 0.1) is 11.0 Å². The van der Waals surface area contributed by atoms with E-state index in [9.17, 15) is 23.6 Å². The van der Waals surface area contributed by atoms with Crippen molar-refractivity contribution in [1.82, 2.24) is 4.31 Å². The Morgan fingerprint density at radius 1 is 1.40 bits per heavy atom. The summed E-state index contributed by atoms with van der Waals surface area (Å²) in [5.41, 5.74) is -0.425. The average molecular weight is 300 g/mol. The number of aliphatic hydroxyl groups is 1. The Hall–Kier alpha value is -1.51. The SMILES string of the molecule is CC1CN(S(=O)(=O)c2ccccc2[N+](=O)[O-])CCC1O. The Kier molecular flexibility index (Phi) is 4.07. The lowest BCUT2D eigenvalue weighted by molar-refractivity contribution is -0.387. The largest absolute Gasteiger partial charge is 0.393 e. The Labute approximate surface area is 117 Å². The number of aliphatic hydroxyl groups excluding tert-OH is 1. The summed E-state index contributed by atoms with van der Waals surface area (Å²) in [6, 6.07) is 5.31. The molecule has 0 aromatic heterocycles. The van der Waals surface area contributed by atoms with Gasteiger partial charge in [-0.1, -0.05) is 19.1 Å². The molecule has 8 heteroatoms. The van der Waals surface area contributed by atoms with Gasteiger partial charge >= 0.3 is 0 Å². The summed E-state index contributed by atoms with van der Waals surface area (Å²) in [6.07, 6.45) is -0.201. The van der Waals surface area contributed by atoms with E-state index in [1.807, 2.05) is 0 Å². The molecule has 0 amide bonds. The maximum atomic E-state index is 12.5. The quantitative estimate of drug-likeness (QED) is 0.662. The molecule has 20 heavy (non-hydrogen) atoms. The number of hydrogen-bond donors (Lipinski definition) is 1. The molecule has 2 rings (SSSR count). The van der Waals surface area contributed by atoms with Gasteiger partial charge in [-0.3, -0.25) is 10.1 Å². The van der Waals surface area contributed by atoms with Gasteiger partial charge in [-0.2, -0.15) is 4.31 Å². The lowest BCUT2D eigenvalue weighted by Gasteiger charge is -2.33. The zero-order valence-electron chi connectivity index (χ0n) is 11.0. The fraction of sp³-hybridized carbons (Fsp3) is 0.500. The minimum absolute atomic E-state index is 0.162. The van der Waals surface area contributed by atoms with Crippen LogP contribution in [0.5, 0.6) is 0 Å². The van der Waals surface area contributed by atoms with Crippen LogP contribution in [0.2, 0.25) is 0 Å². The van der Waals surface area contributed by atoms with Crippen molar-refractivity contribution in [3.63, 3.8) is 0 Å². The predicted molar refractivity (Wildman–Crippen MR) is 71.6 cm³/mol. The summed E-state index contributed by atoms with van der Waals surface area (Å²) in [6.45, 7) is 2.08. The number of nitro groups is 1. The summed E-state index contributed by atoms with van der Waals surface area (Å²) in [4.78, 5) is 9.95. The van der Waals surface area contributed by atoms with Crippen LogP contribution >= 0.6 is 0 Å². The first kappa shape index (κ1) is 14.9. The van der Waals surface area contributed by atoms with Crippen LogP contribution in [-0.4, -0.2) is 41.9 Å². The van der Waals surface area contributed by atoms with Crippen LogP contribution in [0.15, 0.2) is 29.2 Å². The Morgan fingerprint density at radius 2 is 2.05 bits per heavy atom. The molecular weight excluding hydrogens is 284 g/mol. The third-order valence-electron chi connectivity index (χ3n) is 3.50. The number of piperidine rings is 1. The molecule has 1 aliphatic rings. The fourth-order valence-electron chi connectivity index (χ4n) is 2.28. The van der Waals surface area contributed by atoms with Gasteiger partial charge in [0.25, 0.3) is 5.69 Å². The van der Waals surface area contributed by atoms with Gasteiger partial charge in [0, 0.05) is 19.2 Å². The van der Waals surface area contributed by atoms with E-state index in [4.69, 9.17) is 0 Å². The molecule has 1 saturated heterocycles. The topological polar surface area (TPSA) is 101 Å². The summed E-state index contributed by atoms with van der Waals surface area (Å²) in [5.74, 6) is -0.193. The van der Waals surface area contributed by atoms with Crippen molar-refractivity contribution in [3.8, 4) is 0 Å². The van der Waals surface area contributed by atoms with E-state index in [0.717, 1.165) is 0 Å². The van der Waals surface area contributed by atoms with Gasteiger partial charge in [-0.05, 0) is 18.4 Å². The number of nitro benzene ring substituents is 1. The molecule has 110 valence electrons. The van der Waals surface area contributed by atoms with E-state index >= 15 is 0 Å². The molecule has 1 N–H and O–H groups in total. The molecule has 1 aliphatic heterocycles. The predicted octanol–water partition coefficient (Wildman–Crippen LogP) is 0.986. The smallest absolute Gasteiger partial charge is 0.289 e. The van der Waals surface area contributed by atoms with Gasteiger partial charge in [-0.15, -0.1) is 0 Å². The molecule has 0 aliphatic carbocycles. The molecule has 1 aromatic rings. The molecule has 2 atom stereocenters. The number of rotatable bonds is 3. The van der Waals surface area contributed by atoms with Crippen molar-refractivity contribution in [2.24, 2.45) is 5.92 Å². The zero-order chi connectivity index (χ0) is 14.9. The molecule has 0 radical (unpaired) electrons. The second-order valence-electron chi connectivity index (χ2n) is 4.92. The summed E-state index contributed by atoms with van der Waals surface area (Å²) in [7, 11) is -3.91. The van der Waals surface area contributed by atoms with E-state index in [-0.39, 0.29) is 23.9 Å². The molecule has 0 spiro atoms. The highest BCUT2D eigenvalue weighted by Crippen LogP contribution is 2.29. The number of nitrogens with zero attached hydrogens (tertiary/aromatic N) is 2. The zero-order valence-corrected chi connectivity index (χ0v) is 11.8. The normalized spacial score (nSPS) is 24.5. The van der Waals surface area contributed by atoms with E-state index in [1.54, 1.807) is 6.92 Å². The number of sulfonamides is 1. The molecule has 1 aromatic carbocycles. The van der Waals surface area contributed by atoms with Gasteiger partial charge in [0.2, 0.25) is 10.0 Å². The Balaban J connectivity index is 2.39. The standard InChI is InChI=1S/C12H16N2O5S/c1-9-8-13(7-6-11(9)15)20(18,19)12-5-3-2-4-10(12)14(16)17/h2-5,9,11,15H,6-8H2,1H3. The maximum absolute atomic E-state index is 12.5. The minimum Gasteiger partial charge on any atom is -0.393 e. The van der Waals surface area contributed by atoms with Gasteiger partial charge in [0.15, 0.2) is 4.90 Å². The van der Waals surface area contributed by atoms with Crippen molar-refractivity contribution < 1.29 is 18.4 Å². The first-order chi connectivity index (χ1) is 9.34. The second-order valence-corrected chi connectivity index (χ2v) is 6.83. The summed E-state index contributed by atoms with van der Waals surface area (Å²) in [5, 5.41) is 20.6. The molecule has 7 nitrogen and oxygen atoms in total.